The Morgan fingerprint density at radius 1 is 1.33 bits per heavy atom. The molecule has 1 aromatic carbocycles. The molecule has 8 heteroatoms. The van der Waals surface area contributed by atoms with Gasteiger partial charge in [-0.2, -0.15) is 0 Å². The number of ether oxygens (including phenoxy) is 1. The number of benzene rings is 1. The summed E-state index contributed by atoms with van der Waals surface area (Å²) in [5.41, 5.74) is 6.11. The average Bonchev–Trinajstić information content (AvgIpc) is 3.07. The molecule has 0 aromatic heterocycles. The highest BCUT2D eigenvalue weighted by molar-refractivity contribution is 9.10. The van der Waals surface area contributed by atoms with Crippen LogP contribution in [0.25, 0.3) is 0 Å². The molecule has 1 atom stereocenters. The van der Waals surface area contributed by atoms with E-state index in [-0.39, 0.29) is 11.8 Å². The number of halogens is 1. The van der Waals surface area contributed by atoms with Gasteiger partial charge in [0.2, 0.25) is 5.91 Å². The van der Waals surface area contributed by atoms with E-state index >= 15 is 0 Å². The maximum absolute atomic E-state index is 13.2. The number of nitrogens with one attached hydrogen (secondary N) is 1. The SMILES string of the molecule is COc1cc(NC(=O)C(C2CCCC2)N(C(=O)O)C(C)(C)C)c(N)cc1Br. The van der Waals surface area contributed by atoms with Gasteiger partial charge in [0.1, 0.15) is 11.8 Å². The van der Waals surface area contributed by atoms with Gasteiger partial charge in [-0.25, -0.2) is 4.79 Å². The van der Waals surface area contributed by atoms with Crippen molar-refractivity contribution in [3.05, 3.63) is 16.6 Å². The maximum Gasteiger partial charge on any atom is 0.408 e. The summed E-state index contributed by atoms with van der Waals surface area (Å²) in [5, 5.41) is 12.6. The van der Waals surface area contributed by atoms with Crippen molar-refractivity contribution in [1.29, 1.82) is 0 Å². The van der Waals surface area contributed by atoms with E-state index in [0.29, 0.717) is 21.6 Å². The van der Waals surface area contributed by atoms with Crippen LogP contribution in [0.5, 0.6) is 5.75 Å². The molecule has 1 aliphatic carbocycles. The summed E-state index contributed by atoms with van der Waals surface area (Å²) in [6, 6.07) is 2.50. The standard InChI is InChI=1S/C19H28BrN3O4/c1-19(2,3)23(18(25)26)16(11-7-5-6-8-11)17(24)22-14-10-15(27-4)12(20)9-13(14)21/h9-11,16H,5-8,21H2,1-4H3,(H,22,24)(H,25,26). The third-order valence-electron chi connectivity index (χ3n) is 4.90. The second-order valence-electron chi connectivity index (χ2n) is 7.88. The van der Waals surface area contributed by atoms with Crippen molar-refractivity contribution in [2.75, 3.05) is 18.2 Å². The summed E-state index contributed by atoms with van der Waals surface area (Å²) >= 11 is 3.36. The molecule has 2 amide bonds. The predicted molar refractivity (Wildman–Crippen MR) is 109 cm³/mol. The van der Waals surface area contributed by atoms with Crippen molar-refractivity contribution in [2.24, 2.45) is 5.92 Å². The molecule has 27 heavy (non-hydrogen) atoms. The quantitative estimate of drug-likeness (QED) is 0.590. The lowest BCUT2D eigenvalue weighted by Gasteiger charge is -2.41. The van der Waals surface area contributed by atoms with Crippen LogP contribution in [0.4, 0.5) is 16.2 Å². The Morgan fingerprint density at radius 2 is 1.93 bits per heavy atom. The number of amides is 2. The van der Waals surface area contributed by atoms with Crippen LogP contribution in [-0.2, 0) is 4.79 Å². The van der Waals surface area contributed by atoms with E-state index in [1.54, 1.807) is 32.9 Å². The van der Waals surface area contributed by atoms with E-state index in [9.17, 15) is 14.7 Å². The largest absolute Gasteiger partial charge is 0.495 e. The number of nitrogens with zero attached hydrogens (tertiary/aromatic N) is 1. The summed E-state index contributed by atoms with van der Waals surface area (Å²) in [5.74, 6) is 0.150. The topological polar surface area (TPSA) is 105 Å². The van der Waals surface area contributed by atoms with E-state index in [1.807, 2.05) is 0 Å². The van der Waals surface area contributed by atoms with Crippen molar-refractivity contribution in [1.82, 2.24) is 4.90 Å². The van der Waals surface area contributed by atoms with Crippen molar-refractivity contribution >= 4 is 39.3 Å². The highest BCUT2D eigenvalue weighted by Crippen LogP contribution is 2.36. The first-order valence-corrected chi connectivity index (χ1v) is 9.81. The lowest BCUT2D eigenvalue weighted by molar-refractivity contribution is -0.124. The lowest BCUT2D eigenvalue weighted by atomic mass is 9.91. The summed E-state index contributed by atoms with van der Waals surface area (Å²) in [6.45, 7) is 5.40. The van der Waals surface area contributed by atoms with Gasteiger partial charge in [-0.15, -0.1) is 0 Å². The molecule has 1 unspecified atom stereocenters. The van der Waals surface area contributed by atoms with Crippen LogP contribution < -0.4 is 15.8 Å². The minimum Gasteiger partial charge on any atom is -0.495 e. The monoisotopic (exact) mass is 441 g/mol. The molecule has 0 aliphatic heterocycles. The molecular formula is C19H28BrN3O4. The number of hydrogen-bond donors (Lipinski definition) is 3. The van der Waals surface area contributed by atoms with Crippen LogP contribution in [0, 0.1) is 5.92 Å². The Labute approximate surface area is 168 Å². The number of rotatable bonds is 5. The van der Waals surface area contributed by atoms with Gasteiger partial charge < -0.3 is 20.9 Å². The molecule has 0 bridgehead atoms. The number of carbonyl (C=O) groups is 2. The number of methoxy groups -OCH3 is 1. The van der Waals surface area contributed by atoms with Gasteiger partial charge in [-0.05, 0) is 61.5 Å². The van der Waals surface area contributed by atoms with Crippen LogP contribution in [0.15, 0.2) is 16.6 Å². The number of nitrogen functional groups attached to an aromatic ring is 1. The zero-order valence-corrected chi connectivity index (χ0v) is 17.8. The van der Waals surface area contributed by atoms with Crippen molar-refractivity contribution in [2.45, 2.75) is 58.0 Å². The van der Waals surface area contributed by atoms with Crippen LogP contribution >= 0.6 is 15.9 Å². The Morgan fingerprint density at radius 3 is 2.41 bits per heavy atom. The third kappa shape index (κ3) is 4.86. The minimum absolute atomic E-state index is 0.0149. The highest BCUT2D eigenvalue weighted by atomic mass is 79.9. The first kappa shape index (κ1) is 21.3. The Balaban J connectivity index is 2.38. The van der Waals surface area contributed by atoms with Gasteiger partial charge in [0, 0.05) is 11.6 Å². The Hall–Kier alpha value is -1.96. The van der Waals surface area contributed by atoms with Crippen LogP contribution in [0.1, 0.15) is 46.5 Å². The lowest BCUT2D eigenvalue weighted by Crippen LogP contribution is -2.58. The van der Waals surface area contributed by atoms with Crippen LogP contribution in [0.3, 0.4) is 0 Å². The molecule has 0 heterocycles. The molecule has 1 aliphatic rings. The molecular weight excluding hydrogens is 414 g/mol. The number of carboxylic acid groups (broad SMARTS) is 1. The molecule has 0 spiro atoms. The zero-order chi connectivity index (χ0) is 20.4. The normalized spacial score (nSPS) is 16.0. The molecule has 1 saturated carbocycles. The summed E-state index contributed by atoms with van der Waals surface area (Å²) in [6.07, 6.45) is 2.56. The third-order valence-corrected chi connectivity index (χ3v) is 5.52. The van der Waals surface area contributed by atoms with Crippen LogP contribution in [-0.4, -0.2) is 40.7 Å². The number of nitrogens with two attached hydrogens (primary N) is 1. The van der Waals surface area contributed by atoms with Gasteiger partial charge in [-0.3, -0.25) is 9.69 Å². The molecule has 0 saturated heterocycles. The number of anilines is 2. The van der Waals surface area contributed by atoms with Gasteiger partial charge >= 0.3 is 6.09 Å². The van der Waals surface area contributed by atoms with Crippen LogP contribution in [0.2, 0.25) is 0 Å². The van der Waals surface area contributed by atoms with E-state index in [4.69, 9.17) is 10.5 Å². The van der Waals surface area contributed by atoms with Gasteiger partial charge in [0.15, 0.2) is 0 Å². The predicted octanol–water partition coefficient (Wildman–Crippen LogP) is 4.32. The van der Waals surface area contributed by atoms with E-state index < -0.39 is 17.7 Å². The number of carbonyl (C=O) groups excluding carboxylic acids is 1. The van der Waals surface area contributed by atoms with Gasteiger partial charge in [-0.1, -0.05) is 12.8 Å². The van der Waals surface area contributed by atoms with Crippen molar-refractivity contribution in [3.8, 4) is 5.75 Å². The Kier molecular flexibility index (Phi) is 6.62. The van der Waals surface area contributed by atoms with E-state index in [1.165, 1.54) is 12.0 Å². The summed E-state index contributed by atoms with van der Waals surface area (Å²) in [4.78, 5) is 26.5. The second-order valence-corrected chi connectivity index (χ2v) is 8.73. The fraction of sp³-hybridized carbons (Fsp3) is 0.579. The van der Waals surface area contributed by atoms with E-state index in [0.717, 1.165) is 25.7 Å². The fourth-order valence-corrected chi connectivity index (χ4v) is 4.20. The van der Waals surface area contributed by atoms with Crippen molar-refractivity contribution in [3.63, 3.8) is 0 Å². The molecule has 4 N–H and O–H groups in total. The molecule has 2 rings (SSSR count). The first-order valence-electron chi connectivity index (χ1n) is 9.02. The first-order chi connectivity index (χ1) is 12.6. The fourth-order valence-electron chi connectivity index (χ4n) is 3.68. The number of hydrogen-bond acceptors (Lipinski definition) is 4. The zero-order valence-electron chi connectivity index (χ0n) is 16.2. The van der Waals surface area contributed by atoms with Gasteiger partial charge in [0.25, 0.3) is 0 Å². The maximum atomic E-state index is 13.2. The smallest absolute Gasteiger partial charge is 0.408 e. The van der Waals surface area contributed by atoms with Crippen molar-refractivity contribution < 1.29 is 19.4 Å². The molecule has 1 fully saturated rings. The summed E-state index contributed by atoms with van der Waals surface area (Å²) < 4.78 is 5.94. The average molecular weight is 442 g/mol. The molecule has 150 valence electrons. The molecule has 7 nitrogen and oxygen atoms in total. The Bertz CT molecular complexity index is 712. The highest BCUT2D eigenvalue weighted by Gasteiger charge is 2.43. The summed E-state index contributed by atoms with van der Waals surface area (Å²) in [7, 11) is 1.52. The molecule has 0 radical (unpaired) electrons. The molecule has 1 aromatic rings. The van der Waals surface area contributed by atoms with Gasteiger partial charge in [0.05, 0.1) is 23.0 Å². The second kappa shape index (κ2) is 8.37. The minimum atomic E-state index is -1.10. The van der Waals surface area contributed by atoms with E-state index in [2.05, 4.69) is 21.2 Å².